The van der Waals surface area contributed by atoms with Gasteiger partial charge in [0.25, 0.3) is 16.1 Å². The van der Waals surface area contributed by atoms with Crippen molar-refractivity contribution in [3.05, 3.63) is 24.3 Å². The standard InChI is InChI=1S/C9H9NO5S/c11-5-6-15-8-3-1-2-4-9(8)16(13,14)10-7-12/h1-4,11H,5-6H2. The van der Waals surface area contributed by atoms with Gasteiger partial charge < -0.3 is 9.84 Å². The van der Waals surface area contributed by atoms with E-state index in [0.717, 1.165) is 6.08 Å². The van der Waals surface area contributed by atoms with E-state index in [0.29, 0.717) is 0 Å². The van der Waals surface area contributed by atoms with E-state index < -0.39 is 10.0 Å². The summed E-state index contributed by atoms with van der Waals surface area (Å²) in [6.45, 7) is -0.289. The predicted molar refractivity (Wildman–Crippen MR) is 54.3 cm³/mol. The van der Waals surface area contributed by atoms with Crippen LogP contribution >= 0.6 is 0 Å². The summed E-state index contributed by atoms with van der Waals surface area (Å²) in [4.78, 5) is 9.74. The maximum absolute atomic E-state index is 11.4. The molecule has 0 heterocycles. The molecule has 0 fully saturated rings. The van der Waals surface area contributed by atoms with Crippen molar-refractivity contribution in [1.29, 1.82) is 0 Å². The fourth-order valence-corrected chi connectivity index (χ4v) is 1.86. The number of aliphatic hydroxyl groups excluding tert-OH is 1. The molecule has 0 aliphatic rings. The summed E-state index contributed by atoms with van der Waals surface area (Å²) < 4.78 is 30.6. The number of rotatable bonds is 5. The van der Waals surface area contributed by atoms with Crippen LogP contribution in [0.4, 0.5) is 0 Å². The van der Waals surface area contributed by atoms with Crippen molar-refractivity contribution in [2.75, 3.05) is 13.2 Å². The van der Waals surface area contributed by atoms with E-state index in [2.05, 4.69) is 4.40 Å². The molecule has 1 rings (SSSR count). The Labute approximate surface area is 92.3 Å². The van der Waals surface area contributed by atoms with Crippen LogP contribution in [-0.2, 0) is 14.8 Å². The largest absolute Gasteiger partial charge is 0.490 e. The molecular formula is C9H9NO5S. The molecule has 0 bridgehead atoms. The van der Waals surface area contributed by atoms with Gasteiger partial charge >= 0.3 is 0 Å². The number of isocyanates is 1. The summed E-state index contributed by atoms with van der Waals surface area (Å²) in [6, 6.07) is 5.70. The highest BCUT2D eigenvalue weighted by Gasteiger charge is 2.18. The third-order valence-electron chi connectivity index (χ3n) is 1.63. The van der Waals surface area contributed by atoms with Crippen molar-refractivity contribution >= 4 is 16.1 Å². The Hall–Kier alpha value is -1.69. The first-order valence-electron chi connectivity index (χ1n) is 4.28. The van der Waals surface area contributed by atoms with Gasteiger partial charge in [0, 0.05) is 0 Å². The molecule has 0 atom stereocenters. The zero-order chi connectivity index (χ0) is 12.0. The molecule has 6 nitrogen and oxygen atoms in total. The fourth-order valence-electron chi connectivity index (χ4n) is 1.04. The van der Waals surface area contributed by atoms with Gasteiger partial charge in [-0.1, -0.05) is 16.5 Å². The van der Waals surface area contributed by atoms with Gasteiger partial charge in [0.1, 0.15) is 17.3 Å². The van der Waals surface area contributed by atoms with Crippen LogP contribution in [0, 0.1) is 0 Å². The smallest absolute Gasteiger partial charge is 0.296 e. The predicted octanol–water partition coefficient (Wildman–Crippen LogP) is 0.0822. The average Bonchev–Trinajstić information content (AvgIpc) is 2.26. The number of sulfonamides is 1. The van der Waals surface area contributed by atoms with Crippen LogP contribution < -0.4 is 4.74 Å². The van der Waals surface area contributed by atoms with Crippen LogP contribution in [0.1, 0.15) is 0 Å². The van der Waals surface area contributed by atoms with Crippen LogP contribution in [0.2, 0.25) is 0 Å². The maximum Gasteiger partial charge on any atom is 0.296 e. The second-order valence-electron chi connectivity index (χ2n) is 2.68. The molecule has 86 valence electrons. The lowest BCUT2D eigenvalue weighted by atomic mass is 10.3. The number of aliphatic hydroxyl groups is 1. The average molecular weight is 243 g/mol. The molecule has 1 aromatic carbocycles. The Morgan fingerprint density at radius 1 is 1.38 bits per heavy atom. The summed E-state index contributed by atoms with van der Waals surface area (Å²) >= 11 is 0. The lowest BCUT2D eigenvalue weighted by molar-refractivity contribution is 0.198. The summed E-state index contributed by atoms with van der Waals surface area (Å²) in [5.41, 5.74) is 0. The highest BCUT2D eigenvalue weighted by molar-refractivity contribution is 7.90. The van der Waals surface area contributed by atoms with Crippen molar-refractivity contribution in [1.82, 2.24) is 0 Å². The Kier molecular flexibility index (Phi) is 4.19. The van der Waals surface area contributed by atoms with Gasteiger partial charge in [-0.2, -0.15) is 8.42 Å². The molecule has 0 radical (unpaired) electrons. The summed E-state index contributed by atoms with van der Waals surface area (Å²) in [6.07, 6.45) is 0.972. The molecule has 0 spiro atoms. The van der Waals surface area contributed by atoms with Crippen molar-refractivity contribution in [3.8, 4) is 5.75 Å². The maximum atomic E-state index is 11.4. The molecule has 16 heavy (non-hydrogen) atoms. The van der Waals surface area contributed by atoms with E-state index >= 15 is 0 Å². The van der Waals surface area contributed by atoms with Gasteiger partial charge in [-0.15, -0.1) is 0 Å². The van der Waals surface area contributed by atoms with E-state index in [9.17, 15) is 13.2 Å². The number of nitrogens with zero attached hydrogens (tertiary/aromatic N) is 1. The number of para-hydroxylation sites is 1. The summed E-state index contributed by atoms with van der Waals surface area (Å²) in [7, 11) is -4.08. The van der Waals surface area contributed by atoms with E-state index in [4.69, 9.17) is 9.84 Å². The van der Waals surface area contributed by atoms with Crippen LogP contribution in [-0.4, -0.2) is 32.8 Å². The normalized spacial score (nSPS) is 10.6. The van der Waals surface area contributed by atoms with E-state index in [-0.39, 0.29) is 23.9 Å². The number of hydrogen-bond donors (Lipinski definition) is 1. The molecule has 1 N–H and O–H groups in total. The minimum Gasteiger partial charge on any atom is -0.490 e. The van der Waals surface area contributed by atoms with Crippen molar-refractivity contribution < 1.29 is 23.1 Å². The molecule has 7 heteroatoms. The first-order valence-corrected chi connectivity index (χ1v) is 5.72. The third kappa shape index (κ3) is 2.90. The third-order valence-corrected chi connectivity index (χ3v) is 2.84. The molecule has 0 aliphatic carbocycles. The molecule has 0 aromatic heterocycles. The molecule has 0 saturated carbocycles. The van der Waals surface area contributed by atoms with Crippen molar-refractivity contribution in [2.45, 2.75) is 4.90 Å². The second-order valence-corrected chi connectivity index (χ2v) is 4.25. The highest BCUT2D eigenvalue weighted by Crippen LogP contribution is 2.24. The van der Waals surface area contributed by atoms with E-state index in [1.165, 1.54) is 18.2 Å². The molecule has 0 saturated heterocycles. The van der Waals surface area contributed by atoms with Crippen LogP contribution in [0.3, 0.4) is 0 Å². The molecule has 0 aliphatic heterocycles. The monoisotopic (exact) mass is 243 g/mol. The molecular weight excluding hydrogens is 234 g/mol. The van der Waals surface area contributed by atoms with Crippen molar-refractivity contribution in [2.24, 2.45) is 4.40 Å². The zero-order valence-electron chi connectivity index (χ0n) is 8.16. The topological polar surface area (TPSA) is 93.0 Å². The van der Waals surface area contributed by atoms with Crippen molar-refractivity contribution in [3.63, 3.8) is 0 Å². The van der Waals surface area contributed by atoms with Gasteiger partial charge in [0.05, 0.1) is 6.61 Å². The SMILES string of the molecule is O=C=NS(=O)(=O)c1ccccc1OCCO. The quantitative estimate of drug-likeness (QED) is 0.584. The minimum absolute atomic E-state index is 0.0375. The Morgan fingerprint density at radius 3 is 2.69 bits per heavy atom. The number of carbonyl (C=O) groups excluding carboxylic acids is 1. The minimum atomic E-state index is -4.08. The molecule has 0 unspecified atom stereocenters. The first kappa shape index (κ1) is 12.4. The Morgan fingerprint density at radius 2 is 2.06 bits per heavy atom. The lowest BCUT2D eigenvalue weighted by Gasteiger charge is -2.07. The molecule has 0 amide bonds. The van der Waals surface area contributed by atoms with E-state index in [1.54, 1.807) is 6.07 Å². The van der Waals surface area contributed by atoms with Crippen LogP contribution in [0.25, 0.3) is 0 Å². The highest BCUT2D eigenvalue weighted by atomic mass is 32.2. The lowest BCUT2D eigenvalue weighted by Crippen LogP contribution is -2.06. The van der Waals surface area contributed by atoms with Gasteiger partial charge in [-0.3, -0.25) is 0 Å². The van der Waals surface area contributed by atoms with Gasteiger partial charge in [0.15, 0.2) is 0 Å². The molecule has 1 aromatic rings. The summed E-state index contributed by atoms with van der Waals surface area (Å²) in [5, 5.41) is 8.56. The van der Waals surface area contributed by atoms with Gasteiger partial charge in [-0.25, -0.2) is 4.79 Å². The Bertz CT molecular complexity index is 504. The Balaban J connectivity index is 3.18. The zero-order valence-corrected chi connectivity index (χ0v) is 8.98. The van der Waals surface area contributed by atoms with Gasteiger partial charge in [0.2, 0.25) is 0 Å². The second kappa shape index (κ2) is 5.41. The number of hydrogen-bond acceptors (Lipinski definition) is 5. The first-order chi connectivity index (χ1) is 7.61. The fraction of sp³-hybridized carbons (Fsp3) is 0.222. The van der Waals surface area contributed by atoms with Crippen LogP contribution in [0.15, 0.2) is 33.6 Å². The summed E-state index contributed by atoms with van der Waals surface area (Å²) in [5.74, 6) is 0.0375. The van der Waals surface area contributed by atoms with Crippen LogP contribution in [0.5, 0.6) is 5.75 Å². The van der Waals surface area contributed by atoms with Gasteiger partial charge in [-0.05, 0) is 12.1 Å². The number of benzene rings is 1. The number of ether oxygens (including phenoxy) is 1. The van der Waals surface area contributed by atoms with E-state index in [1.807, 2.05) is 0 Å².